The van der Waals surface area contributed by atoms with Crippen molar-refractivity contribution in [2.24, 2.45) is 4.99 Å². The summed E-state index contributed by atoms with van der Waals surface area (Å²) in [5.41, 5.74) is 0. The summed E-state index contributed by atoms with van der Waals surface area (Å²) in [5.74, 6) is 0.686. The van der Waals surface area contributed by atoms with E-state index in [2.05, 4.69) is 20.7 Å². The van der Waals surface area contributed by atoms with Gasteiger partial charge < -0.3 is 15.4 Å². The van der Waals surface area contributed by atoms with Crippen molar-refractivity contribution in [1.82, 2.24) is 20.4 Å². The van der Waals surface area contributed by atoms with Gasteiger partial charge in [-0.2, -0.15) is 5.10 Å². The molecule has 0 atom stereocenters. The van der Waals surface area contributed by atoms with Crippen LogP contribution < -0.4 is 10.6 Å². The van der Waals surface area contributed by atoms with Crippen molar-refractivity contribution in [3.05, 3.63) is 18.5 Å². The molecule has 0 radical (unpaired) electrons. The molecular formula is C17H29N5O2. The summed E-state index contributed by atoms with van der Waals surface area (Å²) in [4.78, 5) is 15.9. The Morgan fingerprint density at radius 3 is 2.71 bits per heavy atom. The quantitative estimate of drug-likeness (QED) is 0.311. The second-order valence-corrected chi connectivity index (χ2v) is 6.05. The van der Waals surface area contributed by atoms with Crippen LogP contribution in [0.25, 0.3) is 0 Å². The third-order valence-corrected chi connectivity index (χ3v) is 4.09. The molecule has 1 aliphatic carbocycles. The van der Waals surface area contributed by atoms with Gasteiger partial charge in [-0.3, -0.25) is 14.5 Å². The number of aliphatic imine (C=N–C) groups is 1. The molecule has 0 saturated heterocycles. The van der Waals surface area contributed by atoms with E-state index in [9.17, 15) is 4.79 Å². The average molecular weight is 335 g/mol. The smallest absolute Gasteiger partial charge is 0.306 e. The Morgan fingerprint density at radius 2 is 2.04 bits per heavy atom. The van der Waals surface area contributed by atoms with Crippen LogP contribution in [-0.4, -0.2) is 48.0 Å². The fraction of sp³-hybridized carbons (Fsp3) is 0.706. The Bertz CT molecular complexity index is 495. The van der Waals surface area contributed by atoms with Crippen molar-refractivity contribution in [1.29, 1.82) is 0 Å². The summed E-state index contributed by atoms with van der Waals surface area (Å²) in [6.45, 7) is 2.41. The van der Waals surface area contributed by atoms with Crippen LogP contribution in [0.2, 0.25) is 0 Å². The van der Waals surface area contributed by atoms with Crippen molar-refractivity contribution in [3.63, 3.8) is 0 Å². The molecular weight excluding hydrogens is 306 g/mol. The molecule has 0 bridgehead atoms. The Labute approximate surface area is 143 Å². The lowest BCUT2D eigenvalue weighted by atomic mass is 10.3. The summed E-state index contributed by atoms with van der Waals surface area (Å²) in [7, 11) is 1.75. The summed E-state index contributed by atoms with van der Waals surface area (Å²) in [5, 5.41) is 10.6. The first kappa shape index (κ1) is 18.3. The third-order valence-electron chi connectivity index (χ3n) is 4.09. The lowest BCUT2D eigenvalue weighted by Crippen LogP contribution is -2.38. The van der Waals surface area contributed by atoms with Crippen LogP contribution >= 0.6 is 0 Å². The number of nitrogens with zero attached hydrogens (tertiary/aromatic N) is 3. The molecule has 24 heavy (non-hydrogen) atoms. The van der Waals surface area contributed by atoms with Crippen molar-refractivity contribution in [2.75, 3.05) is 20.1 Å². The number of nitrogens with one attached hydrogen (secondary N) is 2. The molecule has 2 N–H and O–H groups in total. The van der Waals surface area contributed by atoms with E-state index in [-0.39, 0.29) is 12.1 Å². The highest BCUT2D eigenvalue weighted by atomic mass is 16.5. The third kappa shape index (κ3) is 7.02. The number of rotatable bonds is 9. The molecule has 0 spiro atoms. The van der Waals surface area contributed by atoms with Gasteiger partial charge in [0.1, 0.15) is 6.10 Å². The molecule has 1 fully saturated rings. The van der Waals surface area contributed by atoms with E-state index in [1.807, 2.05) is 16.9 Å². The molecule has 0 amide bonds. The highest BCUT2D eigenvalue weighted by Crippen LogP contribution is 2.21. The van der Waals surface area contributed by atoms with Crippen LogP contribution in [0.15, 0.2) is 23.5 Å². The van der Waals surface area contributed by atoms with Crippen LogP contribution in [0.5, 0.6) is 0 Å². The maximum Gasteiger partial charge on any atom is 0.306 e. The Hall–Kier alpha value is -2.05. The number of guanidine groups is 1. The number of ether oxygens (including phenoxy) is 1. The van der Waals surface area contributed by atoms with Gasteiger partial charge in [0.25, 0.3) is 0 Å². The standard InChI is InChI=1S/C17H29N5O2/c1-18-17(20-11-5-13-22-14-6-12-21-22)19-10-4-9-16(23)24-15-7-2-3-8-15/h6,12,14-15H,2-5,7-11,13H2,1H3,(H2,18,19,20). The van der Waals surface area contributed by atoms with E-state index in [1.54, 1.807) is 13.2 Å². The summed E-state index contributed by atoms with van der Waals surface area (Å²) >= 11 is 0. The Balaban J connectivity index is 1.49. The zero-order chi connectivity index (χ0) is 17.0. The number of aromatic nitrogens is 2. The molecule has 7 nitrogen and oxygen atoms in total. The minimum atomic E-state index is -0.0779. The zero-order valence-electron chi connectivity index (χ0n) is 14.5. The molecule has 1 aromatic heterocycles. The normalized spacial score (nSPS) is 15.5. The van der Waals surface area contributed by atoms with E-state index in [4.69, 9.17) is 4.74 Å². The zero-order valence-corrected chi connectivity index (χ0v) is 14.5. The van der Waals surface area contributed by atoms with Crippen LogP contribution in [0.1, 0.15) is 44.9 Å². The molecule has 0 aliphatic heterocycles. The van der Waals surface area contributed by atoms with Crippen LogP contribution in [0, 0.1) is 0 Å². The van der Waals surface area contributed by atoms with Gasteiger partial charge in [0.15, 0.2) is 5.96 Å². The van der Waals surface area contributed by atoms with E-state index >= 15 is 0 Å². The number of carbonyl (C=O) groups excluding carboxylic acids is 1. The number of hydrogen-bond donors (Lipinski definition) is 2. The SMILES string of the molecule is CN=C(NCCCC(=O)OC1CCCC1)NCCCn1cccn1. The number of aryl methyl sites for hydroxylation is 1. The van der Waals surface area contributed by atoms with Crippen molar-refractivity contribution in [2.45, 2.75) is 57.6 Å². The molecule has 0 unspecified atom stereocenters. The highest BCUT2D eigenvalue weighted by molar-refractivity contribution is 5.79. The van der Waals surface area contributed by atoms with Gasteiger partial charge in [0, 0.05) is 45.5 Å². The minimum absolute atomic E-state index is 0.0779. The lowest BCUT2D eigenvalue weighted by Gasteiger charge is -2.13. The molecule has 1 aromatic rings. The van der Waals surface area contributed by atoms with E-state index < -0.39 is 0 Å². The summed E-state index contributed by atoms with van der Waals surface area (Å²) in [6, 6.07) is 1.92. The fourth-order valence-corrected chi connectivity index (χ4v) is 2.79. The molecule has 134 valence electrons. The van der Waals surface area contributed by atoms with Gasteiger partial charge in [-0.1, -0.05) is 0 Å². The first-order valence-corrected chi connectivity index (χ1v) is 8.89. The maximum atomic E-state index is 11.7. The van der Waals surface area contributed by atoms with Crippen LogP contribution in [-0.2, 0) is 16.1 Å². The van der Waals surface area contributed by atoms with Gasteiger partial charge in [-0.15, -0.1) is 0 Å². The Kier molecular flexibility index (Phi) is 8.13. The predicted molar refractivity (Wildman–Crippen MR) is 93.8 cm³/mol. The van der Waals surface area contributed by atoms with Gasteiger partial charge in [0.05, 0.1) is 0 Å². The summed E-state index contributed by atoms with van der Waals surface area (Å²) < 4.78 is 7.35. The number of esters is 1. The molecule has 1 heterocycles. The van der Waals surface area contributed by atoms with Gasteiger partial charge >= 0.3 is 5.97 Å². The van der Waals surface area contributed by atoms with Gasteiger partial charge in [-0.25, -0.2) is 0 Å². The second-order valence-electron chi connectivity index (χ2n) is 6.05. The van der Waals surface area contributed by atoms with Gasteiger partial charge in [-0.05, 0) is 44.6 Å². The second kappa shape index (κ2) is 10.7. The van der Waals surface area contributed by atoms with Gasteiger partial charge in [0.2, 0.25) is 0 Å². The highest BCUT2D eigenvalue weighted by Gasteiger charge is 2.18. The molecule has 0 aromatic carbocycles. The monoisotopic (exact) mass is 335 g/mol. The van der Waals surface area contributed by atoms with Crippen molar-refractivity contribution in [3.8, 4) is 0 Å². The van der Waals surface area contributed by atoms with Crippen LogP contribution in [0.4, 0.5) is 0 Å². The first-order valence-electron chi connectivity index (χ1n) is 8.89. The van der Waals surface area contributed by atoms with Crippen molar-refractivity contribution < 1.29 is 9.53 Å². The number of carbonyl (C=O) groups is 1. The maximum absolute atomic E-state index is 11.7. The molecule has 2 rings (SSSR count). The lowest BCUT2D eigenvalue weighted by molar-refractivity contribution is -0.148. The topological polar surface area (TPSA) is 80.5 Å². The van der Waals surface area contributed by atoms with E-state index in [1.165, 1.54) is 12.8 Å². The molecule has 1 saturated carbocycles. The van der Waals surface area contributed by atoms with Crippen LogP contribution in [0.3, 0.4) is 0 Å². The summed E-state index contributed by atoms with van der Waals surface area (Å²) in [6.07, 6.45) is 10.5. The van der Waals surface area contributed by atoms with Crippen molar-refractivity contribution >= 4 is 11.9 Å². The average Bonchev–Trinajstić information content (AvgIpc) is 3.27. The molecule has 1 aliphatic rings. The Morgan fingerprint density at radius 1 is 1.29 bits per heavy atom. The first-order chi connectivity index (χ1) is 11.8. The number of hydrogen-bond acceptors (Lipinski definition) is 4. The van der Waals surface area contributed by atoms with E-state index in [0.717, 1.165) is 44.7 Å². The fourth-order valence-electron chi connectivity index (χ4n) is 2.79. The largest absolute Gasteiger partial charge is 0.462 e. The predicted octanol–water partition coefficient (Wildman–Crippen LogP) is 1.70. The molecule has 7 heteroatoms. The van der Waals surface area contributed by atoms with E-state index in [0.29, 0.717) is 13.0 Å². The minimum Gasteiger partial charge on any atom is -0.462 e.